The van der Waals surface area contributed by atoms with Gasteiger partial charge in [-0.2, -0.15) is 10.4 Å². The van der Waals surface area contributed by atoms with Gasteiger partial charge in [-0.3, -0.25) is 10.1 Å². The monoisotopic (exact) mass is 735 g/mol. The van der Waals surface area contributed by atoms with Crippen LogP contribution in [0, 0.1) is 25.2 Å². The Labute approximate surface area is 316 Å². The van der Waals surface area contributed by atoms with Crippen molar-refractivity contribution in [2.24, 2.45) is 0 Å². The first-order valence-corrected chi connectivity index (χ1v) is 18.3. The van der Waals surface area contributed by atoms with E-state index < -0.39 is 0 Å². The number of aromatic amines is 1. The van der Waals surface area contributed by atoms with Crippen molar-refractivity contribution in [3.63, 3.8) is 0 Å². The van der Waals surface area contributed by atoms with Crippen molar-refractivity contribution in [1.29, 1.82) is 5.26 Å². The van der Waals surface area contributed by atoms with Crippen molar-refractivity contribution in [2.75, 3.05) is 39.8 Å². The van der Waals surface area contributed by atoms with Crippen LogP contribution in [-0.4, -0.2) is 81.0 Å². The van der Waals surface area contributed by atoms with E-state index in [4.69, 9.17) is 25.8 Å². The summed E-state index contributed by atoms with van der Waals surface area (Å²) in [4.78, 5) is 12.9. The van der Waals surface area contributed by atoms with E-state index >= 15 is 0 Å². The molecule has 5 aromatic rings. The summed E-state index contributed by atoms with van der Waals surface area (Å²) in [6.07, 6.45) is 7.00. The number of hydrogen-bond acceptors (Lipinski definition) is 10. The van der Waals surface area contributed by atoms with Crippen molar-refractivity contribution in [3.05, 3.63) is 118 Å². The number of ether oxygens (including phenoxy) is 3. The number of likely N-dealkylation sites (N-methyl/N-ethyl adjacent to an activating group) is 1. The van der Waals surface area contributed by atoms with E-state index in [1.165, 1.54) is 12.5 Å². The maximum Gasteiger partial charge on any atom is 0.142 e. The molecule has 2 aromatic heterocycles. The number of hydrogen-bond donors (Lipinski definition) is 2. The summed E-state index contributed by atoms with van der Waals surface area (Å²) in [7, 11) is 2.03. The molecule has 6 rings (SSSR count). The van der Waals surface area contributed by atoms with Crippen LogP contribution in [-0.2, 0) is 26.2 Å². The van der Waals surface area contributed by atoms with Gasteiger partial charge in [0.05, 0.1) is 23.3 Å². The fourth-order valence-electron chi connectivity index (χ4n) is 6.59. The summed E-state index contributed by atoms with van der Waals surface area (Å²) in [5.74, 6) is 2.84. The third kappa shape index (κ3) is 10.1. The molecule has 0 amide bonds. The molecule has 3 aromatic carbocycles. The van der Waals surface area contributed by atoms with E-state index in [0.717, 1.165) is 96.0 Å². The Morgan fingerprint density at radius 2 is 1.79 bits per heavy atom. The van der Waals surface area contributed by atoms with Crippen LogP contribution >= 0.6 is 11.6 Å². The number of pyridine rings is 1. The average molecular weight is 736 g/mol. The number of aliphatic hydroxyl groups excluding tert-OH is 1. The first-order valence-electron chi connectivity index (χ1n) is 17.9. The Kier molecular flexibility index (Phi) is 12.9. The normalized spacial score (nSPS) is 14.4. The van der Waals surface area contributed by atoms with E-state index in [1.807, 2.05) is 31.3 Å². The van der Waals surface area contributed by atoms with E-state index in [1.54, 1.807) is 12.3 Å². The SMILES string of the molecule is Cc1c(COc2cc(OCc3cncc(C#N)c3)c(CN(C)CCc3ncn[nH]3)cc2Cl)cccc1-c1cccc(OCCCN2CC[C@@H](O)C2)c1C. The maximum absolute atomic E-state index is 9.80. The number of halogens is 1. The van der Waals surface area contributed by atoms with Crippen molar-refractivity contribution >= 4 is 11.6 Å². The Morgan fingerprint density at radius 1 is 0.981 bits per heavy atom. The van der Waals surface area contributed by atoms with Gasteiger partial charge in [-0.05, 0) is 79.8 Å². The Hall–Kier alpha value is -4.99. The van der Waals surface area contributed by atoms with Crippen molar-refractivity contribution < 1.29 is 19.3 Å². The lowest BCUT2D eigenvalue weighted by Crippen LogP contribution is -2.24. The summed E-state index contributed by atoms with van der Waals surface area (Å²) >= 11 is 6.87. The molecule has 276 valence electrons. The van der Waals surface area contributed by atoms with Crippen molar-refractivity contribution in [2.45, 2.75) is 59.0 Å². The summed E-state index contributed by atoms with van der Waals surface area (Å²) in [6, 6.07) is 20.1. The van der Waals surface area contributed by atoms with Crippen molar-refractivity contribution in [1.82, 2.24) is 30.0 Å². The molecule has 1 saturated heterocycles. The minimum Gasteiger partial charge on any atom is -0.493 e. The number of aliphatic hydroxyl groups is 1. The quantitative estimate of drug-likeness (QED) is 0.0998. The second-order valence-electron chi connectivity index (χ2n) is 13.5. The molecule has 1 aliphatic heterocycles. The second kappa shape index (κ2) is 18.2. The zero-order valence-electron chi connectivity index (χ0n) is 30.5. The minimum absolute atomic E-state index is 0.203. The Bertz CT molecular complexity index is 2020. The largest absolute Gasteiger partial charge is 0.493 e. The number of rotatable bonds is 17. The lowest BCUT2D eigenvalue weighted by atomic mass is 9.93. The molecule has 0 aliphatic carbocycles. The number of nitriles is 1. The van der Waals surface area contributed by atoms with Gasteiger partial charge in [0.25, 0.3) is 0 Å². The molecule has 0 bridgehead atoms. The summed E-state index contributed by atoms with van der Waals surface area (Å²) in [6.45, 7) is 9.31. The Balaban J connectivity index is 1.15. The van der Waals surface area contributed by atoms with Gasteiger partial charge >= 0.3 is 0 Å². The molecule has 2 N–H and O–H groups in total. The van der Waals surface area contributed by atoms with E-state index in [0.29, 0.717) is 41.8 Å². The van der Waals surface area contributed by atoms with Crippen LogP contribution in [0.25, 0.3) is 11.1 Å². The Morgan fingerprint density at radius 3 is 2.57 bits per heavy atom. The molecule has 1 atom stereocenters. The van der Waals surface area contributed by atoms with E-state index in [-0.39, 0.29) is 12.7 Å². The number of benzene rings is 3. The predicted molar refractivity (Wildman–Crippen MR) is 204 cm³/mol. The van der Waals surface area contributed by atoms with Gasteiger partial charge in [0, 0.05) is 68.7 Å². The fraction of sp³-hybridized carbons (Fsp3) is 0.366. The number of likely N-dealkylation sites (tertiary alicyclic amines) is 1. The van der Waals surface area contributed by atoms with Gasteiger partial charge in [-0.15, -0.1) is 0 Å². The first-order chi connectivity index (χ1) is 25.8. The number of nitrogens with one attached hydrogen (secondary N) is 1. The molecule has 0 spiro atoms. The fourth-order valence-corrected chi connectivity index (χ4v) is 6.83. The highest BCUT2D eigenvalue weighted by Gasteiger charge is 2.20. The van der Waals surface area contributed by atoms with Gasteiger partial charge in [0.1, 0.15) is 48.7 Å². The first kappa shape index (κ1) is 37.8. The molecule has 0 unspecified atom stereocenters. The van der Waals surface area contributed by atoms with E-state index in [9.17, 15) is 10.4 Å². The highest BCUT2D eigenvalue weighted by molar-refractivity contribution is 6.32. The maximum atomic E-state index is 9.80. The van der Waals surface area contributed by atoms with Crippen LogP contribution in [0.15, 0.2) is 73.3 Å². The third-order valence-corrected chi connectivity index (χ3v) is 9.89. The van der Waals surface area contributed by atoms with Gasteiger partial charge in [0.2, 0.25) is 0 Å². The highest BCUT2D eigenvalue weighted by atomic mass is 35.5. The molecule has 1 aliphatic rings. The van der Waals surface area contributed by atoms with Crippen LogP contribution in [0.5, 0.6) is 17.2 Å². The number of aromatic nitrogens is 4. The van der Waals surface area contributed by atoms with E-state index in [2.05, 4.69) is 74.1 Å². The molecule has 3 heterocycles. The number of β-amino-alcohol motifs (C(OH)–C–C–N with tert-alkyl or cyclic N) is 1. The molecule has 0 saturated carbocycles. The highest BCUT2D eigenvalue weighted by Crippen LogP contribution is 2.37. The van der Waals surface area contributed by atoms with Crippen LogP contribution in [0.3, 0.4) is 0 Å². The molecule has 1 fully saturated rings. The summed E-state index contributed by atoms with van der Waals surface area (Å²) in [5, 5.41) is 26.5. The van der Waals surface area contributed by atoms with Gasteiger partial charge in [-0.1, -0.05) is 41.9 Å². The zero-order chi connectivity index (χ0) is 37.2. The van der Waals surface area contributed by atoms with Gasteiger partial charge in [-0.25, -0.2) is 4.98 Å². The standard InChI is InChI=1S/C41H46ClN7O4/c1-28-32(7-4-8-35(28)36-9-5-10-38(29(36)2)51-16-6-13-49-15-11-34(50)24-49)26-53-40-19-39(52-25-31-17-30(20-43)21-44-22-31)33(18-37(40)42)23-48(3)14-12-41-45-27-46-47-41/h4-5,7-10,17-19,21-22,27,34,50H,6,11-16,23-26H2,1-3H3,(H,45,46,47)/t34-/m1/s1. The van der Waals surface area contributed by atoms with Crippen LogP contribution in [0.1, 0.15) is 52.0 Å². The molecular weight excluding hydrogens is 690 g/mol. The number of H-pyrrole nitrogens is 1. The zero-order valence-corrected chi connectivity index (χ0v) is 31.3. The van der Waals surface area contributed by atoms with Crippen LogP contribution < -0.4 is 14.2 Å². The topological polar surface area (TPSA) is 133 Å². The molecule has 11 nitrogen and oxygen atoms in total. The minimum atomic E-state index is -0.203. The lowest BCUT2D eigenvalue weighted by molar-refractivity contribution is 0.173. The number of nitrogens with zero attached hydrogens (tertiary/aromatic N) is 6. The van der Waals surface area contributed by atoms with Crippen LogP contribution in [0.4, 0.5) is 0 Å². The average Bonchev–Trinajstić information content (AvgIpc) is 3.85. The second-order valence-corrected chi connectivity index (χ2v) is 14.0. The predicted octanol–water partition coefficient (Wildman–Crippen LogP) is 6.68. The molecular formula is C41H46ClN7O4. The summed E-state index contributed by atoms with van der Waals surface area (Å²) < 4.78 is 19.0. The lowest BCUT2D eigenvalue weighted by Gasteiger charge is -2.21. The van der Waals surface area contributed by atoms with Gasteiger partial charge < -0.3 is 29.1 Å². The molecule has 12 heteroatoms. The molecule has 0 radical (unpaired) electrons. The van der Waals surface area contributed by atoms with Crippen molar-refractivity contribution in [3.8, 4) is 34.4 Å². The van der Waals surface area contributed by atoms with Gasteiger partial charge in [0.15, 0.2) is 0 Å². The smallest absolute Gasteiger partial charge is 0.142 e. The van der Waals surface area contributed by atoms with Crippen LogP contribution in [0.2, 0.25) is 5.02 Å². The third-order valence-electron chi connectivity index (χ3n) is 9.60. The summed E-state index contributed by atoms with van der Waals surface area (Å²) in [5.41, 5.74) is 7.63. The molecule has 53 heavy (non-hydrogen) atoms.